The zero-order valence-electron chi connectivity index (χ0n) is 11.4. The predicted octanol–water partition coefficient (Wildman–Crippen LogP) is 4.21. The Morgan fingerprint density at radius 2 is 2.00 bits per heavy atom. The molecule has 0 spiro atoms. The summed E-state index contributed by atoms with van der Waals surface area (Å²) in [5.74, 6) is 1.73. The average Bonchev–Trinajstić information content (AvgIpc) is 2.75. The van der Waals surface area contributed by atoms with E-state index < -0.39 is 0 Å². The molecule has 0 atom stereocenters. The maximum Gasteiger partial charge on any atom is 0.143 e. The minimum Gasteiger partial charge on any atom is -0.314 e. The lowest BCUT2D eigenvalue weighted by atomic mass is 10.1. The Hall–Kier alpha value is -0.940. The second-order valence-electron chi connectivity index (χ2n) is 5.05. The molecule has 6 heteroatoms. The van der Waals surface area contributed by atoms with Crippen molar-refractivity contribution in [2.45, 2.75) is 32.1 Å². The molecule has 0 saturated heterocycles. The largest absolute Gasteiger partial charge is 0.314 e. The minimum absolute atomic E-state index is 0.308. The van der Waals surface area contributed by atoms with Gasteiger partial charge in [-0.05, 0) is 18.1 Å². The van der Waals surface area contributed by atoms with Crippen LogP contribution in [0.2, 0.25) is 5.02 Å². The fourth-order valence-electron chi connectivity index (χ4n) is 2.04. The zero-order valence-corrected chi connectivity index (χ0v) is 13.7. The van der Waals surface area contributed by atoms with Gasteiger partial charge in [-0.3, -0.25) is 0 Å². The third-order valence-electron chi connectivity index (χ3n) is 2.97. The molecule has 1 aromatic heterocycles. The Balaban J connectivity index is 2.36. The van der Waals surface area contributed by atoms with Crippen LogP contribution in [0.5, 0.6) is 0 Å². The highest BCUT2D eigenvalue weighted by atomic mass is 79.9. The highest BCUT2D eigenvalue weighted by Gasteiger charge is 2.16. The highest BCUT2D eigenvalue weighted by molar-refractivity contribution is 9.08. The van der Waals surface area contributed by atoms with Gasteiger partial charge in [0, 0.05) is 23.6 Å². The second kappa shape index (κ2) is 6.68. The highest BCUT2D eigenvalue weighted by Crippen LogP contribution is 2.22. The van der Waals surface area contributed by atoms with Gasteiger partial charge in [0.1, 0.15) is 17.5 Å². The molecule has 0 N–H and O–H groups in total. The number of hydrogen-bond acceptors (Lipinski definition) is 2. The monoisotopic (exact) mass is 359 g/mol. The van der Waals surface area contributed by atoms with E-state index >= 15 is 0 Å². The summed E-state index contributed by atoms with van der Waals surface area (Å²) in [6.45, 7) is 5.05. The van der Waals surface area contributed by atoms with Crippen molar-refractivity contribution in [3.63, 3.8) is 0 Å². The van der Waals surface area contributed by atoms with Crippen molar-refractivity contribution in [1.82, 2.24) is 14.8 Å². The third-order valence-corrected chi connectivity index (χ3v) is 3.82. The van der Waals surface area contributed by atoms with E-state index in [2.05, 4.69) is 40.0 Å². The van der Waals surface area contributed by atoms with Gasteiger partial charge in [-0.1, -0.05) is 47.4 Å². The first-order valence-electron chi connectivity index (χ1n) is 6.42. The summed E-state index contributed by atoms with van der Waals surface area (Å²) in [6.07, 6.45) is 0.345. The molecular formula is C14H16BrClFN3. The average molecular weight is 361 g/mol. The van der Waals surface area contributed by atoms with Crippen molar-refractivity contribution in [3.05, 3.63) is 46.3 Å². The minimum atomic E-state index is -0.308. The van der Waals surface area contributed by atoms with Gasteiger partial charge in [-0.2, -0.15) is 0 Å². The van der Waals surface area contributed by atoms with Crippen LogP contribution < -0.4 is 0 Å². The molecule has 1 heterocycles. The summed E-state index contributed by atoms with van der Waals surface area (Å²) in [4.78, 5) is 0. The molecule has 20 heavy (non-hydrogen) atoms. The first kappa shape index (κ1) is 15.4. The van der Waals surface area contributed by atoms with Crippen molar-refractivity contribution in [2.24, 2.45) is 5.92 Å². The molecule has 0 bridgehead atoms. The number of rotatable bonds is 5. The zero-order chi connectivity index (χ0) is 14.7. The Morgan fingerprint density at radius 1 is 1.30 bits per heavy atom. The van der Waals surface area contributed by atoms with E-state index in [-0.39, 0.29) is 5.82 Å². The third kappa shape index (κ3) is 3.38. The van der Waals surface area contributed by atoms with Crippen molar-refractivity contribution in [1.29, 1.82) is 0 Å². The lowest BCUT2D eigenvalue weighted by molar-refractivity contribution is 0.499. The molecule has 2 aromatic rings. The van der Waals surface area contributed by atoms with Gasteiger partial charge in [-0.15, -0.1) is 10.2 Å². The molecule has 0 fully saturated rings. The number of aromatic nitrogens is 3. The molecule has 0 radical (unpaired) electrons. The van der Waals surface area contributed by atoms with E-state index in [1.807, 2.05) is 4.57 Å². The van der Waals surface area contributed by atoms with E-state index in [0.29, 0.717) is 28.3 Å². The van der Waals surface area contributed by atoms with Gasteiger partial charge in [0.15, 0.2) is 0 Å². The maximum atomic E-state index is 13.9. The predicted molar refractivity (Wildman–Crippen MR) is 81.7 cm³/mol. The van der Waals surface area contributed by atoms with Gasteiger partial charge in [0.05, 0.1) is 5.33 Å². The SMILES string of the molecule is CC(C)Cn1c(CBr)nnc1Cc1c(F)cccc1Cl. The Morgan fingerprint density at radius 3 is 2.60 bits per heavy atom. The molecule has 0 saturated carbocycles. The van der Waals surface area contributed by atoms with Crippen LogP contribution >= 0.6 is 27.5 Å². The fraction of sp³-hybridized carbons (Fsp3) is 0.429. The molecule has 3 nitrogen and oxygen atoms in total. The molecule has 2 rings (SSSR count). The summed E-state index contributed by atoms with van der Waals surface area (Å²) in [7, 11) is 0. The molecule has 1 aromatic carbocycles. The quantitative estimate of drug-likeness (QED) is 0.748. The van der Waals surface area contributed by atoms with Crippen LogP contribution in [0.3, 0.4) is 0 Å². The number of nitrogens with zero attached hydrogens (tertiary/aromatic N) is 3. The molecule has 0 aliphatic heterocycles. The number of benzene rings is 1. The summed E-state index contributed by atoms with van der Waals surface area (Å²) in [5.41, 5.74) is 0.465. The molecule has 108 valence electrons. The van der Waals surface area contributed by atoms with E-state index in [0.717, 1.165) is 18.2 Å². The van der Waals surface area contributed by atoms with Gasteiger partial charge in [0.2, 0.25) is 0 Å². The number of halogens is 3. The van der Waals surface area contributed by atoms with Crippen LogP contribution in [0.4, 0.5) is 4.39 Å². The van der Waals surface area contributed by atoms with Crippen molar-refractivity contribution in [2.75, 3.05) is 0 Å². The smallest absolute Gasteiger partial charge is 0.143 e. The molecular weight excluding hydrogens is 345 g/mol. The maximum absolute atomic E-state index is 13.9. The van der Waals surface area contributed by atoms with Gasteiger partial charge < -0.3 is 4.57 Å². The van der Waals surface area contributed by atoms with Crippen LogP contribution in [-0.4, -0.2) is 14.8 Å². The van der Waals surface area contributed by atoms with Gasteiger partial charge >= 0.3 is 0 Å². The fourth-order valence-corrected chi connectivity index (χ4v) is 2.68. The van der Waals surface area contributed by atoms with Crippen molar-refractivity contribution >= 4 is 27.5 Å². The van der Waals surface area contributed by atoms with E-state index in [1.54, 1.807) is 12.1 Å². The standard InChI is InChI=1S/C14H16BrClFN3/c1-9(2)8-20-13(18-19-14(20)7-15)6-10-11(16)4-3-5-12(10)17/h3-5,9H,6-8H2,1-2H3. The lowest BCUT2D eigenvalue weighted by Gasteiger charge is -2.12. The van der Waals surface area contributed by atoms with Crippen LogP contribution in [0.15, 0.2) is 18.2 Å². The Kier molecular flexibility index (Phi) is 5.16. The second-order valence-corrected chi connectivity index (χ2v) is 6.02. The first-order valence-corrected chi connectivity index (χ1v) is 7.92. The summed E-state index contributed by atoms with van der Waals surface area (Å²) in [6, 6.07) is 4.70. The molecule has 0 unspecified atom stereocenters. The Labute approximate surface area is 131 Å². The molecule has 0 aliphatic rings. The first-order chi connectivity index (χ1) is 9.52. The van der Waals surface area contributed by atoms with Crippen molar-refractivity contribution in [3.8, 4) is 0 Å². The number of alkyl halides is 1. The van der Waals surface area contributed by atoms with Gasteiger partial charge in [-0.25, -0.2) is 4.39 Å². The van der Waals surface area contributed by atoms with Crippen LogP contribution in [0.1, 0.15) is 31.1 Å². The van der Waals surface area contributed by atoms with Crippen LogP contribution in [-0.2, 0) is 18.3 Å². The van der Waals surface area contributed by atoms with E-state index in [9.17, 15) is 4.39 Å². The van der Waals surface area contributed by atoms with Gasteiger partial charge in [0.25, 0.3) is 0 Å². The van der Waals surface area contributed by atoms with E-state index in [1.165, 1.54) is 6.07 Å². The summed E-state index contributed by atoms with van der Waals surface area (Å²) in [5, 5.41) is 9.36. The lowest BCUT2D eigenvalue weighted by Crippen LogP contribution is -2.12. The van der Waals surface area contributed by atoms with Crippen LogP contribution in [0.25, 0.3) is 0 Å². The summed E-state index contributed by atoms with van der Waals surface area (Å²) < 4.78 is 15.9. The number of hydrogen-bond donors (Lipinski definition) is 0. The normalized spacial score (nSPS) is 11.3. The van der Waals surface area contributed by atoms with Crippen molar-refractivity contribution < 1.29 is 4.39 Å². The molecule has 0 amide bonds. The topological polar surface area (TPSA) is 30.7 Å². The van der Waals surface area contributed by atoms with Crippen LogP contribution in [0, 0.1) is 11.7 Å². The van der Waals surface area contributed by atoms with E-state index in [4.69, 9.17) is 11.6 Å². The molecule has 0 aliphatic carbocycles. The Bertz CT molecular complexity index is 578. The summed E-state index contributed by atoms with van der Waals surface area (Å²) >= 11 is 9.47.